The first-order valence-corrected chi connectivity index (χ1v) is 10.1. The highest BCUT2D eigenvalue weighted by atomic mass is 127. The van der Waals surface area contributed by atoms with Gasteiger partial charge in [-0.1, -0.05) is 12.1 Å². The van der Waals surface area contributed by atoms with Crippen LogP contribution in [0.1, 0.15) is 22.6 Å². The lowest BCUT2D eigenvalue weighted by molar-refractivity contribution is -0.117. The van der Waals surface area contributed by atoms with E-state index in [0.29, 0.717) is 5.89 Å². The Morgan fingerprint density at radius 3 is 2.64 bits per heavy atom. The van der Waals surface area contributed by atoms with Gasteiger partial charge in [-0.2, -0.15) is 0 Å². The first-order chi connectivity index (χ1) is 13.3. The average molecular weight is 509 g/mol. The number of rotatable bonds is 6. The second kappa shape index (κ2) is 8.87. The Labute approximate surface area is 182 Å². The van der Waals surface area contributed by atoms with Crippen molar-refractivity contribution in [2.75, 3.05) is 5.32 Å². The van der Waals surface area contributed by atoms with Crippen molar-refractivity contribution < 1.29 is 13.9 Å². The zero-order valence-electron chi connectivity index (χ0n) is 15.8. The number of carbonyl (C=O) groups is 1. The lowest BCUT2D eigenvalue weighted by atomic mass is 10.1. The van der Waals surface area contributed by atoms with Gasteiger partial charge in [-0.3, -0.25) is 4.79 Å². The number of carbonyl (C=O) groups excluding carboxylic acids is 1. The average Bonchev–Trinajstić information content (AvgIpc) is 2.96. The summed E-state index contributed by atoms with van der Waals surface area (Å²) in [6, 6.07) is 11.7. The van der Waals surface area contributed by atoms with Gasteiger partial charge in [0.2, 0.25) is 5.91 Å². The number of nitrogens with one attached hydrogen (secondary N) is 1. The van der Waals surface area contributed by atoms with Crippen LogP contribution >= 0.6 is 34.8 Å². The van der Waals surface area contributed by atoms with Gasteiger partial charge in [0.1, 0.15) is 12.3 Å². The fraction of sp³-hybridized carbons (Fsp3) is 0.250. The number of aryl methyl sites for hydroxylation is 3. The number of benzene rings is 2. The minimum Gasteiger partial charge on any atom is -0.484 e. The Morgan fingerprint density at radius 1 is 1.25 bits per heavy atom. The molecule has 0 fully saturated rings. The third kappa shape index (κ3) is 5.20. The summed E-state index contributed by atoms with van der Waals surface area (Å²) in [4.78, 5) is 12.6. The molecule has 1 N–H and O–H groups in total. The fourth-order valence-corrected chi connectivity index (χ4v) is 3.92. The molecule has 0 aliphatic carbocycles. The summed E-state index contributed by atoms with van der Waals surface area (Å²) in [6.45, 7) is 6.03. The first kappa shape index (κ1) is 20.5. The maximum atomic E-state index is 12.5. The van der Waals surface area contributed by atoms with Crippen LogP contribution in [0.15, 0.2) is 40.8 Å². The van der Waals surface area contributed by atoms with Gasteiger partial charge < -0.3 is 14.5 Å². The molecule has 1 heterocycles. The van der Waals surface area contributed by atoms with Gasteiger partial charge in [-0.25, -0.2) is 4.68 Å². The Bertz CT molecular complexity index is 1050. The molecule has 6 nitrogen and oxygen atoms in total. The lowest BCUT2D eigenvalue weighted by Crippen LogP contribution is -2.21. The summed E-state index contributed by atoms with van der Waals surface area (Å²) in [5.41, 5.74) is 3.92. The summed E-state index contributed by atoms with van der Waals surface area (Å²) in [5.74, 6) is 0.821. The van der Waals surface area contributed by atoms with Gasteiger partial charge in [-0.15, -0.1) is 5.10 Å². The molecule has 0 spiro atoms. The maximum absolute atomic E-state index is 12.5. The van der Waals surface area contributed by atoms with E-state index in [1.54, 1.807) is 0 Å². The van der Waals surface area contributed by atoms with Crippen LogP contribution in [0.4, 0.5) is 5.69 Å². The van der Waals surface area contributed by atoms with Crippen molar-refractivity contribution in [1.29, 1.82) is 0 Å². The van der Waals surface area contributed by atoms with Crippen LogP contribution in [0.2, 0.25) is 0 Å². The van der Waals surface area contributed by atoms with Gasteiger partial charge in [0, 0.05) is 9.26 Å². The van der Waals surface area contributed by atoms with Crippen LogP contribution in [0, 0.1) is 29.2 Å². The molecule has 0 saturated carbocycles. The number of hydrogen-bond donors (Lipinski definition) is 1. The summed E-state index contributed by atoms with van der Waals surface area (Å²) < 4.78 is 13.6. The Hall–Kier alpha value is -2.20. The van der Waals surface area contributed by atoms with E-state index in [2.05, 4.69) is 33.0 Å². The van der Waals surface area contributed by atoms with Gasteiger partial charge in [0.05, 0.1) is 0 Å². The normalized spacial score (nSPS) is 10.7. The quantitative estimate of drug-likeness (QED) is 0.376. The van der Waals surface area contributed by atoms with Crippen molar-refractivity contribution in [2.24, 2.45) is 0 Å². The number of aromatic nitrogens is 2. The highest BCUT2D eigenvalue weighted by Gasteiger charge is 2.13. The van der Waals surface area contributed by atoms with Gasteiger partial charge in [0.15, 0.2) is 6.61 Å². The van der Waals surface area contributed by atoms with Crippen LogP contribution in [-0.4, -0.2) is 15.7 Å². The smallest absolute Gasteiger partial charge is 0.287 e. The second-order valence-corrected chi connectivity index (χ2v) is 8.08. The largest absolute Gasteiger partial charge is 0.484 e. The van der Waals surface area contributed by atoms with E-state index in [0.717, 1.165) is 31.7 Å². The minimum atomic E-state index is -0.219. The standard InChI is InChI=1S/C20H20IN3O3S/c1-12-5-4-6-16(7-12)26-11-18-23-24(20(28)27-18)10-17(25)22-19-13(2)8-15(21)9-14(19)3/h4-9H,10-11H2,1-3H3,(H,22,25). The molecule has 1 amide bonds. The summed E-state index contributed by atoms with van der Waals surface area (Å²) >= 11 is 7.43. The molecule has 146 valence electrons. The summed E-state index contributed by atoms with van der Waals surface area (Å²) in [5, 5.41) is 7.18. The third-order valence-electron chi connectivity index (χ3n) is 4.06. The molecule has 2 aromatic carbocycles. The van der Waals surface area contributed by atoms with Crippen molar-refractivity contribution in [3.8, 4) is 5.75 Å². The number of hydrogen-bond acceptors (Lipinski definition) is 5. The molecule has 0 atom stereocenters. The second-order valence-electron chi connectivity index (χ2n) is 6.49. The van der Waals surface area contributed by atoms with Crippen LogP contribution in [0.25, 0.3) is 0 Å². The summed E-state index contributed by atoms with van der Waals surface area (Å²) in [6.07, 6.45) is 0. The van der Waals surface area contributed by atoms with Crippen molar-refractivity contribution in [3.63, 3.8) is 0 Å². The zero-order chi connectivity index (χ0) is 20.3. The Morgan fingerprint density at radius 2 is 1.96 bits per heavy atom. The molecule has 0 aliphatic heterocycles. The molecule has 8 heteroatoms. The van der Waals surface area contributed by atoms with Crippen molar-refractivity contribution in [1.82, 2.24) is 9.78 Å². The van der Waals surface area contributed by atoms with E-state index in [1.165, 1.54) is 4.68 Å². The SMILES string of the molecule is Cc1cccc(OCc2nn(CC(=O)Nc3c(C)cc(I)cc3C)c(=S)o2)c1. The van der Waals surface area contributed by atoms with Crippen LogP contribution in [0.3, 0.4) is 0 Å². The van der Waals surface area contributed by atoms with E-state index in [-0.39, 0.29) is 23.9 Å². The zero-order valence-corrected chi connectivity index (χ0v) is 18.8. The molecule has 0 saturated heterocycles. The van der Waals surface area contributed by atoms with E-state index in [1.807, 2.05) is 57.2 Å². The number of ether oxygens (including phenoxy) is 1. The van der Waals surface area contributed by atoms with E-state index in [4.69, 9.17) is 21.4 Å². The number of halogens is 1. The summed E-state index contributed by atoms with van der Waals surface area (Å²) in [7, 11) is 0. The van der Waals surface area contributed by atoms with E-state index in [9.17, 15) is 4.79 Å². The first-order valence-electron chi connectivity index (χ1n) is 8.64. The number of amides is 1. The van der Waals surface area contributed by atoms with Crippen LogP contribution in [0.5, 0.6) is 5.75 Å². The molecule has 0 unspecified atom stereocenters. The van der Waals surface area contributed by atoms with Gasteiger partial charge in [-0.05, 0) is 96.5 Å². The topological polar surface area (TPSA) is 69.3 Å². The maximum Gasteiger partial charge on any atom is 0.287 e. The third-order valence-corrected chi connectivity index (χ3v) is 4.97. The monoisotopic (exact) mass is 509 g/mol. The fourth-order valence-electron chi connectivity index (χ4n) is 2.78. The molecule has 28 heavy (non-hydrogen) atoms. The van der Waals surface area contributed by atoms with Crippen LogP contribution < -0.4 is 10.1 Å². The van der Waals surface area contributed by atoms with Crippen molar-refractivity contribution in [3.05, 3.63) is 67.4 Å². The minimum absolute atomic E-state index is 0.0301. The molecule has 3 rings (SSSR count). The highest BCUT2D eigenvalue weighted by molar-refractivity contribution is 14.1. The van der Waals surface area contributed by atoms with Gasteiger partial charge in [0.25, 0.3) is 10.7 Å². The lowest BCUT2D eigenvalue weighted by Gasteiger charge is -2.12. The van der Waals surface area contributed by atoms with E-state index < -0.39 is 0 Å². The Balaban J connectivity index is 1.65. The molecule has 1 aromatic heterocycles. The predicted octanol–water partition coefficient (Wildman–Crippen LogP) is 4.95. The number of nitrogens with zero attached hydrogens (tertiary/aromatic N) is 2. The molecule has 0 radical (unpaired) electrons. The molecule has 0 bridgehead atoms. The molecule has 0 aliphatic rings. The van der Waals surface area contributed by atoms with Crippen molar-refractivity contribution in [2.45, 2.75) is 33.9 Å². The molecular weight excluding hydrogens is 489 g/mol. The van der Waals surface area contributed by atoms with Gasteiger partial charge >= 0.3 is 0 Å². The molecular formula is C20H20IN3O3S. The molecule has 3 aromatic rings. The Kier molecular flexibility index (Phi) is 6.50. The van der Waals surface area contributed by atoms with Crippen molar-refractivity contribution >= 4 is 46.4 Å². The predicted molar refractivity (Wildman–Crippen MR) is 118 cm³/mol. The van der Waals surface area contributed by atoms with E-state index >= 15 is 0 Å². The number of anilines is 1. The highest BCUT2D eigenvalue weighted by Crippen LogP contribution is 2.23. The van der Waals surface area contributed by atoms with Crippen LogP contribution in [-0.2, 0) is 17.9 Å².